The maximum absolute atomic E-state index is 11.2. The molecule has 1 fully saturated rings. The van der Waals surface area contributed by atoms with Gasteiger partial charge in [-0.2, -0.15) is 0 Å². The van der Waals surface area contributed by atoms with Crippen molar-refractivity contribution < 1.29 is 14.8 Å². The van der Waals surface area contributed by atoms with Crippen LogP contribution in [0.2, 0.25) is 0 Å². The van der Waals surface area contributed by atoms with E-state index in [0.29, 0.717) is 12.2 Å². The largest absolute Gasteiger partial charge is 0.478 e. The van der Waals surface area contributed by atoms with Crippen molar-refractivity contribution in [3.8, 4) is 0 Å². The third-order valence-electron chi connectivity index (χ3n) is 3.05. The van der Waals surface area contributed by atoms with Crippen molar-refractivity contribution in [3.05, 3.63) is 46.5 Å². The number of rotatable bonds is 6. The molecule has 0 radical (unpaired) electrons. The van der Waals surface area contributed by atoms with Gasteiger partial charge in [0.1, 0.15) is 0 Å². The minimum atomic E-state index is -1.08. The van der Waals surface area contributed by atoms with E-state index in [1.807, 2.05) is 4.90 Å². The summed E-state index contributed by atoms with van der Waals surface area (Å²) in [5.41, 5.74) is 0.373. The molecule has 6 nitrogen and oxygen atoms in total. The van der Waals surface area contributed by atoms with Crippen LogP contribution in [0, 0.1) is 10.1 Å². The number of carboxylic acids is 1. The minimum absolute atomic E-state index is 0.0827. The highest BCUT2D eigenvalue weighted by Crippen LogP contribution is 2.35. The normalized spacial score (nSPS) is 13.9. The number of benzene rings is 1. The van der Waals surface area contributed by atoms with E-state index in [1.54, 1.807) is 6.08 Å². The van der Waals surface area contributed by atoms with E-state index in [2.05, 4.69) is 6.58 Å². The Balaban J connectivity index is 2.48. The number of carbonyl (C=O) groups is 1. The standard InChI is InChI=1S/C13H14N2O4/c1-2-7-14(9-3-4-9)12-8-10(15(18)19)5-6-11(12)13(16)17/h2,5-6,8-9H,1,3-4,7H2,(H,16,17). The Hall–Kier alpha value is -2.37. The van der Waals surface area contributed by atoms with Gasteiger partial charge in [-0.15, -0.1) is 6.58 Å². The zero-order valence-electron chi connectivity index (χ0n) is 10.3. The van der Waals surface area contributed by atoms with Crippen LogP contribution in [-0.2, 0) is 0 Å². The summed E-state index contributed by atoms with van der Waals surface area (Å²) in [5, 5.41) is 20.0. The summed E-state index contributed by atoms with van der Waals surface area (Å²) in [4.78, 5) is 23.4. The highest BCUT2D eigenvalue weighted by Gasteiger charge is 2.31. The predicted molar refractivity (Wildman–Crippen MR) is 70.6 cm³/mol. The number of aromatic carboxylic acids is 1. The first-order chi connectivity index (χ1) is 9.04. The van der Waals surface area contributed by atoms with Gasteiger partial charge in [-0.25, -0.2) is 4.79 Å². The summed E-state index contributed by atoms with van der Waals surface area (Å²) >= 11 is 0. The zero-order valence-corrected chi connectivity index (χ0v) is 10.3. The van der Waals surface area contributed by atoms with E-state index < -0.39 is 10.9 Å². The second-order valence-corrected chi connectivity index (χ2v) is 4.44. The quantitative estimate of drug-likeness (QED) is 0.483. The molecule has 1 saturated carbocycles. The second-order valence-electron chi connectivity index (χ2n) is 4.44. The highest BCUT2D eigenvalue weighted by molar-refractivity contribution is 5.95. The van der Waals surface area contributed by atoms with Crippen LogP contribution in [0.5, 0.6) is 0 Å². The lowest BCUT2D eigenvalue weighted by Gasteiger charge is -2.24. The topological polar surface area (TPSA) is 83.7 Å². The molecular formula is C13H14N2O4. The average Bonchev–Trinajstić information content (AvgIpc) is 3.19. The van der Waals surface area contributed by atoms with Gasteiger partial charge in [0, 0.05) is 24.7 Å². The lowest BCUT2D eigenvalue weighted by molar-refractivity contribution is -0.384. The van der Waals surface area contributed by atoms with Crippen molar-refractivity contribution in [2.75, 3.05) is 11.4 Å². The van der Waals surface area contributed by atoms with Crippen LogP contribution in [0.15, 0.2) is 30.9 Å². The molecular weight excluding hydrogens is 248 g/mol. The van der Waals surface area contributed by atoms with Crippen LogP contribution in [0.4, 0.5) is 11.4 Å². The number of carboxylic acid groups (broad SMARTS) is 1. The SMILES string of the molecule is C=CCN(c1cc([N+](=O)[O-])ccc1C(=O)O)C1CC1. The molecule has 19 heavy (non-hydrogen) atoms. The van der Waals surface area contributed by atoms with Crippen molar-refractivity contribution in [1.29, 1.82) is 0 Å². The molecule has 0 unspecified atom stereocenters. The first-order valence-corrected chi connectivity index (χ1v) is 5.94. The number of hydrogen-bond acceptors (Lipinski definition) is 4. The molecule has 2 rings (SSSR count). The predicted octanol–water partition coefficient (Wildman–Crippen LogP) is 2.45. The van der Waals surface area contributed by atoms with Gasteiger partial charge < -0.3 is 10.0 Å². The fourth-order valence-corrected chi connectivity index (χ4v) is 2.02. The highest BCUT2D eigenvalue weighted by atomic mass is 16.6. The van der Waals surface area contributed by atoms with E-state index in [-0.39, 0.29) is 17.3 Å². The maximum atomic E-state index is 11.2. The van der Waals surface area contributed by atoms with Crippen molar-refractivity contribution in [3.63, 3.8) is 0 Å². The summed E-state index contributed by atoms with van der Waals surface area (Å²) < 4.78 is 0. The molecule has 1 aliphatic rings. The summed E-state index contributed by atoms with van der Waals surface area (Å²) in [7, 11) is 0. The third kappa shape index (κ3) is 2.73. The van der Waals surface area contributed by atoms with Gasteiger partial charge >= 0.3 is 5.97 Å². The van der Waals surface area contributed by atoms with Crippen molar-refractivity contribution in [1.82, 2.24) is 0 Å². The molecule has 0 atom stereocenters. The van der Waals surface area contributed by atoms with Gasteiger partial charge in [-0.3, -0.25) is 10.1 Å². The Morgan fingerprint density at radius 2 is 2.26 bits per heavy atom. The molecule has 0 spiro atoms. The van der Waals surface area contributed by atoms with Gasteiger partial charge in [0.05, 0.1) is 16.2 Å². The number of nitrogens with zero attached hydrogens (tertiary/aromatic N) is 2. The van der Waals surface area contributed by atoms with Crippen LogP contribution in [0.3, 0.4) is 0 Å². The Labute approximate surface area is 110 Å². The third-order valence-corrected chi connectivity index (χ3v) is 3.05. The lowest BCUT2D eigenvalue weighted by Crippen LogP contribution is -2.27. The van der Waals surface area contributed by atoms with Crippen LogP contribution < -0.4 is 4.90 Å². The molecule has 1 aromatic carbocycles. The van der Waals surface area contributed by atoms with Gasteiger partial charge in [-0.1, -0.05) is 6.08 Å². The summed E-state index contributed by atoms with van der Waals surface area (Å²) in [6, 6.07) is 4.07. The number of anilines is 1. The minimum Gasteiger partial charge on any atom is -0.478 e. The molecule has 1 aliphatic carbocycles. The average molecular weight is 262 g/mol. The van der Waals surface area contributed by atoms with Crippen LogP contribution in [0.1, 0.15) is 23.2 Å². The van der Waals surface area contributed by atoms with E-state index >= 15 is 0 Å². The Kier molecular flexibility index (Phi) is 3.50. The monoisotopic (exact) mass is 262 g/mol. The van der Waals surface area contributed by atoms with E-state index in [0.717, 1.165) is 12.8 Å². The Morgan fingerprint density at radius 3 is 2.74 bits per heavy atom. The Morgan fingerprint density at radius 1 is 1.58 bits per heavy atom. The summed E-state index contributed by atoms with van der Waals surface area (Å²) in [5.74, 6) is -1.08. The molecule has 0 saturated heterocycles. The second kappa shape index (κ2) is 5.09. The molecule has 0 aromatic heterocycles. The van der Waals surface area contributed by atoms with Crippen LogP contribution in [0.25, 0.3) is 0 Å². The maximum Gasteiger partial charge on any atom is 0.337 e. The van der Waals surface area contributed by atoms with Crippen molar-refractivity contribution in [2.24, 2.45) is 0 Å². The number of hydrogen-bond donors (Lipinski definition) is 1. The van der Waals surface area contributed by atoms with Crippen LogP contribution >= 0.6 is 0 Å². The van der Waals surface area contributed by atoms with Gasteiger partial charge in [0.15, 0.2) is 0 Å². The molecule has 0 aliphatic heterocycles. The van der Waals surface area contributed by atoms with Gasteiger partial charge in [-0.05, 0) is 18.9 Å². The number of nitro benzene ring substituents is 1. The van der Waals surface area contributed by atoms with Crippen LogP contribution in [-0.4, -0.2) is 28.6 Å². The first kappa shape index (κ1) is 13.1. The molecule has 6 heteroatoms. The van der Waals surface area contributed by atoms with Gasteiger partial charge in [0.2, 0.25) is 0 Å². The molecule has 0 heterocycles. The zero-order chi connectivity index (χ0) is 14.0. The number of nitro groups is 1. The van der Waals surface area contributed by atoms with Gasteiger partial charge in [0.25, 0.3) is 5.69 Å². The number of non-ortho nitro benzene ring substituents is 1. The molecule has 100 valence electrons. The fraction of sp³-hybridized carbons (Fsp3) is 0.308. The lowest BCUT2D eigenvalue weighted by atomic mass is 10.1. The van der Waals surface area contributed by atoms with Crippen molar-refractivity contribution >= 4 is 17.3 Å². The van der Waals surface area contributed by atoms with E-state index in [4.69, 9.17) is 0 Å². The Bertz CT molecular complexity index is 537. The molecule has 0 amide bonds. The fourth-order valence-electron chi connectivity index (χ4n) is 2.02. The smallest absolute Gasteiger partial charge is 0.337 e. The molecule has 1 N–H and O–H groups in total. The van der Waals surface area contributed by atoms with E-state index in [9.17, 15) is 20.0 Å². The molecule has 1 aromatic rings. The first-order valence-electron chi connectivity index (χ1n) is 5.94. The summed E-state index contributed by atoms with van der Waals surface area (Å²) in [6.07, 6.45) is 3.61. The van der Waals surface area contributed by atoms with Crippen molar-refractivity contribution in [2.45, 2.75) is 18.9 Å². The van der Waals surface area contributed by atoms with E-state index in [1.165, 1.54) is 18.2 Å². The summed E-state index contributed by atoms with van der Waals surface area (Å²) in [6.45, 7) is 4.12. The molecule has 0 bridgehead atoms.